The maximum atomic E-state index is 11.8. The molecule has 0 aliphatic rings. The molecule has 6 heteroatoms. The molecule has 1 heterocycles. The molecule has 1 aromatic carbocycles. The zero-order chi connectivity index (χ0) is 13.0. The Labute approximate surface area is 103 Å². The van der Waals surface area contributed by atoms with E-state index in [-0.39, 0.29) is 18.1 Å². The minimum Gasteiger partial charge on any atom is -0.508 e. The summed E-state index contributed by atoms with van der Waals surface area (Å²) in [6.45, 7) is 0.256. The van der Waals surface area contributed by atoms with Crippen LogP contribution in [0.2, 0.25) is 0 Å². The van der Waals surface area contributed by atoms with Gasteiger partial charge in [0.15, 0.2) is 11.5 Å². The van der Waals surface area contributed by atoms with E-state index in [2.05, 4.69) is 10.5 Å². The van der Waals surface area contributed by atoms with Crippen molar-refractivity contribution in [1.29, 1.82) is 0 Å². The third kappa shape index (κ3) is 2.86. The molecule has 0 aliphatic heterocycles. The van der Waals surface area contributed by atoms with E-state index in [0.29, 0.717) is 11.4 Å². The highest BCUT2D eigenvalue weighted by Crippen LogP contribution is 2.16. The van der Waals surface area contributed by atoms with E-state index in [1.165, 1.54) is 25.3 Å². The molecule has 0 aliphatic carbocycles. The van der Waals surface area contributed by atoms with Crippen LogP contribution in [0.25, 0.3) is 0 Å². The Morgan fingerprint density at radius 2 is 2.33 bits per heavy atom. The summed E-state index contributed by atoms with van der Waals surface area (Å²) in [5.41, 5.74) is 0.640. The number of nitrogens with one attached hydrogen (secondary N) is 1. The van der Waals surface area contributed by atoms with Crippen molar-refractivity contribution in [3.8, 4) is 5.75 Å². The van der Waals surface area contributed by atoms with Crippen molar-refractivity contribution in [3.63, 3.8) is 0 Å². The summed E-state index contributed by atoms with van der Waals surface area (Å²) >= 11 is 0. The standard InChI is InChI=1S/C12H12N2O4/c1-17-7-10-6-11(14-18-10)12(16)13-8-3-2-4-9(15)5-8/h2-6,15H,7H2,1H3,(H,13,16). The first-order chi connectivity index (χ1) is 8.69. The Hall–Kier alpha value is -2.34. The molecule has 0 radical (unpaired) electrons. The van der Waals surface area contributed by atoms with Crippen LogP contribution >= 0.6 is 0 Å². The minimum absolute atomic E-state index is 0.0769. The normalized spacial score (nSPS) is 10.3. The van der Waals surface area contributed by atoms with E-state index in [1.54, 1.807) is 12.1 Å². The lowest BCUT2D eigenvalue weighted by Gasteiger charge is -2.02. The molecule has 0 spiro atoms. The third-order valence-corrected chi connectivity index (χ3v) is 2.18. The van der Waals surface area contributed by atoms with Gasteiger partial charge in [-0.15, -0.1) is 0 Å². The number of phenolic OH excluding ortho intramolecular Hbond substituents is 1. The molecule has 2 N–H and O–H groups in total. The van der Waals surface area contributed by atoms with Crippen molar-refractivity contribution in [1.82, 2.24) is 5.16 Å². The van der Waals surface area contributed by atoms with Gasteiger partial charge in [-0.3, -0.25) is 4.79 Å². The predicted molar refractivity (Wildman–Crippen MR) is 63.3 cm³/mol. The first-order valence-electron chi connectivity index (χ1n) is 5.24. The highest BCUT2D eigenvalue weighted by atomic mass is 16.5. The molecular weight excluding hydrogens is 236 g/mol. The van der Waals surface area contributed by atoms with Crippen molar-refractivity contribution in [3.05, 3.63) is 41.8 Å². The van der Waals surface area contributed by atoms with Crippen molar-refractivity contribution >= 4 is 11.6 Å². The number of nitrogens with zero attached hydrogens (tertiary/aromatic N) is 1. The fourth-order valence-corrected chi connectivity index (χ4v) is 1.41. The SMILES string of the molecule is COCc1cc(C(=O)Nc2cccc(O)c2)no1. The number of hydrogen-bond acceptors (Lipinski definition) is 5. The Morgan fingerprint density at radius 3 is 3.06 bits per heavy atom. The van der Waals surface area contributed by atoms with Crippen LogP contribution in [0.5, 0.6) is 5.75 Å². The van der Waals surface area contributed by atoms with Gasteiger partial charge >= 0.3 is 0 Å². The van der Waals surface area contributed by atoms with E-state index >= 15 is 0 Å². The van der Waals surface area contributed by atoms with Crippen molar-refractivity contribution < 1.29 is 19.2 Å². The smallest absolute Gasteiger partial charge is 0.277 e. The second-order valence-corrected chi connectivity index (χ2v) is 3.62. The Kier molecular flexibility index (Phi) is 3.59. The predicted octanol–water partition coefficient (Wildman–Crippen LogP) is 1.78. The monoisotopic (exact) mass is 248 g/mol. The van der Waals surface area contributed by atoms with Crippen LogP contribution in [0, 0.1) is 0 Å². The molecular formula is C12H12N2O4. The number of methoxy groups -OCH3 is 1. The van der Waals surface area contributed by atoms with Crippen LogP contribution in [0.3, 0.4) is 0 Å². The van der Waals surface area contributed by atoms with E-state index in [1.807, 2.05) is 0 Å². The van der Waals surface area contributed by atoms with Crippen molar-refractivity contribution in [2.45, 2.75) is 6.61 Å². The van der Waals surface area contributed by atoms with Crippen LogP contribution in [0.15, 0.2) is 34.9 Å². The molecule has 1 amide bonds. The van der Waals surface area contributed by atoms with Gasteiger partial charge in [0.05, 0.1) is 0 Å². The second kappa shape index (κ2) is 5.33. The lowest BCUT2D eigenvalue weighted by atomic mass is 10.3. The minimum atomic E-state index is -0.410. The van der Waals surface area contributed by atoms with Gasteiger partial charge < -0.3 is 19.7 Å². The lowest BCUT2D eigenvalue weighted by molar-refractivity contribution is 0.101. The van der Waals surface area contributed by atoms with Crippen LogP contribution in [0.4, 0.5) is 5.69 Å². The number of benzene rings is 1. The Balaban J connectivity index is 2.07. The molecule has 0 unspecified atom stereocenters. The summed E-state index contributed by atoms with van der Waals surface area (Å²) in [6.07, 6.45) is 0. The highest BCUT2D eigenvalue weighted by molar-refractivity contribution is 6.02. The van der Waals surface area contributed by atoms with Gasteiger partial charge in [-0.1, -0.05) is 11.2 Å². The molecule has 6 nitrogen and oxygen atoms in total. The molecule has 94 valence electrons. The van der Waals surface area contributed by atoms with Gasteiger partial charge in [0.2, 0.25) is 0 Å². The highest BCUT2D eigenvalue weighted by Gasteiger charge is 2.12. The van der Waals surface area contributed by atoms with E-state index in [0.717, 1.165) is 0 Å². The summed E-state index contributed by atoms with van der Waals surface area (Å²) in [6, 6.07) is 7.75. The van der Waals surface area contributed by atoms with Gasteiger partial charge in [-0.2, -0.15) is 0 Å². The Morgan fingerprint density at radius 1 is 1.50 bits per heavy atom. The van der Waals surface area contributed by atoms with Gasteiger partial charge in [-0.05, 0) is 12.1 Å². The topological polar surface area (TPSA) is 84.6 Å². The fourth-order valence-electron chi connectivity index (χ4n) is 1.41. The molecule has 0 saturated heterocycles. The quantitative estimate of drug-likeness (QED) is 0.861. The number of rotatable bonds is 4. The number of aromatic nitrogens is 1. The molecule has 0 atom stereocenters. The average molecular weight is 248 g/mol. The fraction of sp³-hybridized carbons (Fsp3) is 0.167. The van der Waals surface area contributed by atoms with Gasteiger partial charge in [0.1, 0.15) is 12.4 Å². The van der Waals surface area contributed by atoms with E-state index in [9.17, 15) is 9.90 Å². The second-order valence-electron chi connectivity index (χ2n) is 3.62. The maximum absolute atomic E-state index is 11.8. The molecule has 0 bridgehead atoms. The van der Waals surface area contributed by atoms with Gasteiger partial charge in [0, 0.05) is 24.9 Å². The largest absolute Gasteiger partial charge is 0.508 e. The lowest BCUT2D eigenvalue weighted by Crippen LogP contribution is -2.11. The zero-order valence-electron chi connectivity index (χ0n) is 9.71. The van der Waals surface area contributed by atoms with E-state index < -0.39 is 5.91 Å². The first-order valence-corrected chi connectivity index (χ1v) is 5.24. The molecule has 0 saturated carbocycles. The number of ether oxygens (including phenoxy) is 1. The number of carbonyl (C=O) groups is 1. The van der Waals surface area contributed by atoms with E-state index in [4.69, 9.17) is 9.26 Å². The summed E-state index contributed by atoms with van der Waals surface area (Å²) in [5, 5.41) is 15.5. The molecule has 1 aromatic heterocycles. The molecule has 2 aromatic rings. The number of anilines is 1. The third-order valence-electron chi connectivity index (χ3n) is 2.18. The molecule has 18 heavy (non-hydrogen) atoms. The molecule has 2 rings (SSSR count). The number of phenols is 1. The summed E-state index contributed by atoms with van der Waals surface area (Å²) in [4.78, 5) is 11.8. The van der Waals surface area contributed by atoms with Crippen LogP contribution < -0.4 is 5.32 Å². The number of amides is 1. The molecule has 0 fully saturated rings. The number of carbonyl (C=O) groups excluding carboxylic acids is 1. The maximum Gasteiger partial charge on any atom is 0.277 e. The number of hydrogen-bond donors (Lipinski definition) is 2. The van der Waals surface area contributed by atoms with Crippen LogP contribution in [0.1, 0.15) is 16.2 Å². The number of aromatic hydroxyl groups is 1. The summed E-state index contributed by atoms with van der Waals surface area (Å²) in [7, 11) is 1.52. The summed E-state index contributed by atoms with van der Waals surface area (Å²) < 4.78 is 9.76. The van der Waals surface area contributed by atoms with Crippen molar-refractivity contribution in [2.24, 2.45) is 0 Å². The van der Waals surface area contributed by atoms with Crippen molar-refractivity contribution in [2.75, 3.05) is 12.4 Å². The van der Waals surface area contributed by atoms with Gasteiger partial charge in [-0.25, -0.2) is 0 Å². The zero-order valence-corrected chi connectivity index (χ0v) is 9.71. The first kappa shape index (κ1) is 12.1. The van der Waals surface area contributed by atoms with Crippen LogP contribution in [-0.4, -0.2) is 23.3 Å². The van der Waals surface area contributed by atoms with Gasteiger partial charge in [0.25, 0.3) is 5.91 Å². The van der Waals surface area contributed by atoms with Crippen LogP contribution in [-0.2, 0) is 11.3 Å². The Bertz CT molecular complexity index is 551. The summed E-state index contributed by atoms with van der Waals surface area (Å²) in [5.74, 6) is 0.137. The average Bonchev–Trinajstić information content (AvgIpc) is 2.78.